The fraction of sp³-hybridized carbons (Fsp3) is 0.389. The van der Waals surface area contributed by atoms with Crippen LogP contribution in [-0.4, -0.2) is 31.4 Å². The lowest BCUT2D eigenvalue weighted by Gasteiger charge is -2.25. The zero-order chi connectivity index (χ0) is 16.1. The summed E-state index contributed by atoms with van der Waals surface area (Å²) in [5.41, 5.74) is 3.59. The van der Waals surface area contributed by atoms with E-state index in [4.69, 9.17) is 0 Å². The maximum absolute atomic E-state index is 12.4. The van der Waals surface area contributed by atoms with Gasteiger partial charge in [0.25, 0.3) is 5.91 Å². The van der Waals surface area contributed by atoms with Crippen molar-refractivity contribution < 1.29 is 4.79 Å². The molecule has 1 aromatic heterocycles. The van der Waals surface area contributed by atoms with Crippen LogP contribution in [0.5, 0.6) is 0 Å². The van der Waals surface area contributed by atoms with Crippen LogP contribution in [-0.2, 0) is 6.42 Å². The molecule has 3 nitrogen and oxygen atoms in total. The first-order chi connectivity index (χ1) is 10.5. The van der Waals surface area contributed by atoms with Crippen LogP contribution in [0.1, 0.15) is 39.3 Å². The van der Waals surface area contributed by atoms with Crippen molar-refractivity contribution in [2.75, 3.05) is 20.6 Å². The standard InChI is InChI=1S/C18H24N2OS/c1-5-14-10-11-22-17(14)18(21)19-12-16(20(3)4)15-8-6-13(2)7-9-15/h6-11,16H,5,12H2,1-4H3,(H,19,21)/t16-/m1/s1. The highest BCUT2D eigenvalue weighted by atomic mass is 32.1. The number of amides is 1. The molecule has 22 heavy (non-hydrogen) atoms. The lowest BCUT2D eigenvalue weighted by atomic mass is 10.0. The number of nitrogens with zero attached hydrogens (tertiary/aromatic N) is 1. The molecule has 0 unspecified atom stereocenters. The molecule has 1 N–H and O–H groups in total. The molecule has 0 radical (unpaired) electrons. The van der Waals surface area contributed by atoms with Gasteiger partial charge in [0.2, 0.25) is 0 Å². The van der Waals surface area contributed by atoms with Gasteiger partial charge in [-0.25, -0.2) is 0 Å². The largest absolute Gasteiger partial charge is 0.349 e. The van der Waals surface area contributed by atoms with Crippen molar-refractivity contribution in [3.63, 3.8) is 0 Å². The first-order valence-corrected chi connectivity index (χ1v) is 8.48. The monoisotopic (exact) mass is 316 g/mol. The highest BCUT2D eigenvalue weighted by Crippen LogP contribution is 2.20. The molecule has 0 fully saturated rings. The van der Waals surface area contributed by atoms with Crippen LogP contribution in [0.4, 0.5) is 0 Å². The van der Waals surface area contributed by atoms with E-state index in [2.05, 4.69) is 48.3 Å². The summed E-state index contributed by atoms with van der Waals surface area (Å²) in [6.45, 7) is 4.77. The van der Waals surface area contributed by atoms with E-state index in [9.17, 15) is 4.79 Å². The Morgan fingerprint density at radius 2 is 1.91 bits per heavy atom. The zero-order valence-electron chi connectivity index (χ0n) is 13.7. The number of hydrogen-bond donors (Lipinski definition) is 1. The average molecular weight is 316 g/mol. The lowest BCUT2D eigenvalue weighted by Crippen LogP contribution is -2.34. The fourth-order valence-corrected chi connectivity index (χ4v) is 3.38. The van der Waals surface area contributed by atoms with E-state index in [-0.39, 0.29) is 11.9 Å². The minimum Gasteiger partial charge on any atom is -0.349 e. The number of nitrogens with one attached hydrogen (secondary N) is 1. The summed E-state index contributed by atoms with van der Waals surface area (Å²) in [7, 11) is 4.08. The summed E-state index contributed by atoms with van der Waals surface area (Å²) < 4.78 is 0. The maximum Gasteiger partial charge on any atom is 0.261 e. The van der Waals surface area contributed by atoms with Gasteiger partial charge in [-0.2, -0.15) is 0 Å². The summed E-state index contributed by atoms with van der Waals surface area (Å²) in [5.74, 6) is 0.0332. The van der Waals surface area contributed by atoms with Gasteiger partial charge in [0.05, 0.1) is 10.9 Å². The van der Waals surface area contributed by atoms with E-state index in [1.54, 1.807) is 0 Å². The van der Waals surface area contributed by atoms with Gasteiger partial charge in [0.1, 0.15) is 0 Å². The molecule has 0 bridgehead atoms. The number of hydrogen-bond acceptors (Lipinski definition) is 3. The van der Waals surface area contributed by atoms with Crippen LogP contribution in [0.25, 0.3) is 0 Å². The highest BCUT2D eigenvalue weighted by Gasteiger charge is 2.17. The van der Waals surface area contributed by atoms with Gasteiger partial charge in [0.15, 0.2) is 0 Å². The van der Waals surface area contributed by atoms with Gasteiger partial charge >= 0.3 is 0 Å². The zero-order valence-corrected chi connectivity index (χ0v) is 14.5. The number of carbonyl (C=O) groups is 1. The van der Waals surface area contributed by atoms with E-state index in [1.807, 2.05) is 25.5 Å². The van der Waals surface area contributed by atoms with Crippen molar-refractivity contribution in [2.45, 2.75) is 26.3 Å². The van der Waals surface area contributed by atoms with Gasteiger partial charge in [-0.05, 0) is 50.0 Å². The average Bonchev–Trinajstić information content (AvgIpc) is 2.97. The molecule has 1 heterocycles. The van der Waals surface area contributed by atoms with Crippen LogP contribution in [0.2, 0.25) is 0 Å². The molecule has 0 aliphatic rings. The normalized spacial score (nSPS) is 12.4. The Labute approximate surface area is 137 Å². The van der Waals surface area contributed by atoms with Crippen molar-refractivity contribution in [1.82, 2.24) is 10.2 Å². The molecule has 1 amide bonds. The summed E-state index contributed by atoms with van der Waals surface area (Å²) in [6, 6.07) is 10.7. The molecule has 0 saturated carbocycles. The Kier molecular flexibility index (Phi) is 5.75. The van der Waals surface area contributed by atoms with Gasteiger partial charge in [0, 0.05) is 6.54 Å². The van der Waals surface area contributed by atoms with E-state index < -0.39 is 0 Å². The van der Waals surface area contributed by atoms with Gasteiger partial charge < -0.3 is 10.2 Å². The number of rotatable bonds is 6. The van der Waals surface area contributed by atoms with Gasteiger partial charge in [-0.1, -0.05) is 36.8 Å². The molecule has 0 saturated heterocycles. The molecule has 0 aliphatic carbocycles. The summed E-state index contributed by atoms with van der Waals surface area (Å²) in [5, 5.41) is 5.07. The number of benzene rings is 1. The quantitative estimate of drug-likeness (QED) is 0.882. The third-order valence-electron chi connectivity index (χ3n) is 3.88. The highest BCUT2D eigenvalue weighted by molar-refractivity contribution is 7.12. The lowest BCUT2D eigenvalue weighted by molar-refractivity contribution is 0.0945. The fourth-order valence-electron chi connectivity index (χ4n) is 2.47. The molecule has 0 spiro atoms. The van der Waals surface area contributed by atoms with Crippen LogP contribution in [0.15, 0.2) is 35.7 Å². The third-order valence-corrected chi connectivity index (χ3v) is 4.83. The first-order valence-electron chi connectivity index (χ1n) is 7.60. The molecule has 1 aromatic carbocycles. The van der Waals surface area contributed by atoms with E-state index >= 15 is 0 Å². The number of thiophene rings is 1. The van der Waals surface area contributed by atoms with E-state index in [0.29, 0.717) is 6.54 Å². The van der Waals surface area contributed by atoms with Crippen LogP contribution < -0.4 is 5.32 Å². The van der Waals surface area contributed by atoms with Crippen molar-refractivity contribution >= 4 is 17.2 Å². The van der Waals surface area contributed by atoms with E-state index in [1.165, 1.54) is 22.5 Å². The van der Waals surface area contributed by atoms with Gasteiger partial charge in [-0.3, -0.25) is 4.79 Å². The summed E-state index contributed by atoms with van der Waals surface area (Å²) in [4.78, 5) is 15.4. The smallest absolute Gasteiger partial charge is 0.261 e. The van der Waals surface area contributed by atoms with Crippen molar-refractivity contribution in [1.29, 1.82) is 0 Å². The van der Waals surface area contributed by atoms with Crippen molar-refractivity contribution in [3.8, 4) is 0 Å². The van der Waals surface area contributed by atoms with Crippen LogP contribution in [0, 0.1) is 6.92 Å². The molecule has 0 aliphatic heterocycles. The van der Waals surface area contributed by atoms with Crippen LogP contribution in [0.3, 0.4) is 0 Å². The number of likely N-dealkylation sites (N-methyl/N-ethyl adjacent to an activating group) is 1. The number of carbonyl (C=O) groups excluding carboxylic acids is 1. The molecule has 2 rings (SSSR count). The second-order valence-electron chi connectivity index (χ2n) is 5.73. The Hall–Kier alpha value is -1.65. The Balaban J connectivity index is 2.06. The SMILES string of the molecule is CCc1ccsc1C(=O)NC[C@H](c1ccc(C)cc1)N(C)C. The molecule has 1 atom stereocenters. The molecule has 2 aromatic rings. The first kappa shape index (κ1) is 16.7. The summed E-state index contributed by atoms with van der Waals surface area (Å²) >= 11 is 1.51. The third kappa shape index (κ3) is 3.96. The Morgan fingerprint density at radius 3 is 2.50 bits per heavy atom. The topological polar surface area (TPSA) is 32.3 Å². The predicted molar refractivity (Wildman–Crippen MR) is 93.6 cm³/mol. The Morgan fingerprint density at radius 1 is 1.23 bits per heavy atom. The second kappa shape index (κ2) is 7.56. The predicted octanol–water partition coefficient (Wildman–Crippen LogP) is 3.65. The molecule has 118 valence electrons. The van der Waals surface area contributed by atoms with Crippen molar-refractivity contribution in [3.05, 3.63) is 57.3 Å². The minimum absolute atomic E-state index is 0.0332. The van der Waals surface area contributed by atoms with Crippen LogP contribution >= 0.6 is 11.3 Å². The number of aryl methyl sites for hydroxylation is 2. The minimum atomic E-state index is 0.0332. The molecular formula is C18H24N2OS. The summed E-state index contributed by atoms with van der Waals surface area (Å²) in [6.07, 6.45) is 0.890. The Bertz CT molecular complexity index is 616. The van der Waals surface area contributed by atoms with Crippen molar-refractivity contribution in [2.24, 2.45) is 0 Å². The van der Waals surface area contributed by atoms with Gasteiger partial charge in [-0.15, -0.1) is 11.3 Å². The molecule has 4 heteroatoms. The second-order valence-corrected chi connectivity index (χ2v) is 6.64. The maximum atomic E-state index is 12.4. The molecular weight excluding hydrogens is 292 g/mol. The van der Waals surface area contributed by atoms with E-state index in [0.717, 1.165) is 16.9 Å².